The molecule has 1 aliphatic heterocycles. The number of ether oxygens (including phenoxy) is 2. The molecule has 0 fully saturated rings. The van der Waals surface area contributed by atoms with Gasteiger partial charge in [-0.25, -0.2) is 21.6 Å². The van der Waals surface area contributed by atoms with Gasteiger partial charge in [0.2, 0.25) is 15.9 Å². The zero-order chi connectivity index (χ0) is 19.9. The van der Waals surface area contributed by atoms with Crippen molar-refractivity contribution in [1.29, 1.82) is 0 Å². The van der Waals surface area contributed by atoms with Gasteiger partial charge in [-0.05, 0) is 12.1 Å². The van der Waals surface area contributed by atoms with Gasteiger partial charge in [-0.15, -0.1) is 0 Å². The second-order valence-corrected chi connectivity index (χ2v) is 10.1. The van der Waals surface area contributed by atoms with Crippen molar-refractivity contribution >= 4 is 25.8 Å². The fourth-order valence-electron chi connectivity index (χ4n) is 2.27. The molecule has 1 aromatic carbocycles. The highest BCUT2D eigenvalue weighted by atomic mass is 32.2. The summed E-state index contributed by atoms with van der Waals surface area (Å²) in [5, 5.41) is 2.46. The molecule has 0 radical (unpaired) electrons. The summed E-state index contributed by atoms with van der Waals surface area (Å²) in [7, 11) is -6.96. The Morgan fingerprint density at radius 1 is 1.07 bits per heavy atom. The van der Waals surface area contributed by atoms with E-state index in [1.807, 2.05) is 0 Å². The van der Waals surface area contributed by atoms with Gasteiger partial charge in [-0.2, -0.15) is 0 Å². The maximum Gasteiger partial charge on any atom is 0.240 e. The van der Waals surface area contributed by atoms with E-state index in [1.165, 1.54) is 25.1 Å². The standard InChI is InChI=1S/C16H24N2O7S2/c1-2-26(20,21)11-8-17-16(19)6-7-18-27(22,23)13-4-5-14-15(12-13)25-10-3-9-24-14/h4-5,12,18H,2-3,6-11H2,1H3,(H,17,19). The number of fused-ring (bicyclic) bond motifs is 1. The Bertz CT molecular complexity index is 867. The maximum absolute atomic E-state index is 12.4. The topological polar surface area (TPSA) is 128 Å². The molecule has 1 aromatic rings. The third-order valence-corrected chi connectivity index (χ3v) is 7.01. The molecular weight excluding hydrogens is 396 g/mol. The molecular formula is C16H24N2O7S2. The average Bonchev–Trinajstić information content (AvgIpc) is 2.86. The smallest absolute Gasteiger partial charge is 0.240 e. The zero-order valence-corrected chi connectivity index (χ0v) is 16.7. The van der Waals surface area contributed by atoms with Crippen molar-refractivity contribution in [2.45, 2.75) is 24.7 Å². The van der Waals surface area contributed by atoms with Gasteiger partial charge in [0.05, 0.1) is 23.9 Å². The zero-order valence-electron chi connectivity index (χ0n) is 15.1. The molecule has 1 aliphatic rings. The van der Waals surface area contributed by atoms with Crippen molar-refractivity contribution in [3.8, 4) is 11.5 Å². The normalized spacial score (nSPS) is 14.4. The van der Waals surface area contributed by atoms with E-state index in [0.717, 1.165) is 0 Å². The lowest BCUT2D eigenvalue weighted by molar-refractivity contribution is -0.120. The molecule has 2 N–H and O–H groups in total. The van der Waals surface area contributed by atoms with Crippen molar-refractivity contribution < 1.29 is 31.1 Å². The minimum Gasteiger partial charge on any atom is -0.490 e. The van der Waals surface area contributed by atoms with Crippen LogP contribution in [-0.4, -0.2) is 60.6 Å². The van der Waals surface area contributed by atoms with Crippen molar-refractivity contribution in [3.63, 3.8) is 0 Å². The molecule has 1 heterocycles. The van der Waals surface area contributed by atoms with E-state index < -0.39 is 25.8 Å². The van der Waals surface area contributed by atoms with Crippen LogP contribution in [0.5, 0.6) is 11.5 Å². The van der Waals surface area contributed by atoms with Gasteiger partial charge in [0.25, 0.3) is 0 Å². The first-order chi connectivity index (χ1) is 12.7. The lowest BCUT2D eigenvalue weighted by Crippen LogP contribution is -2.33. The van der Waals surface area contributed by atoms with E-state index in [4.69, 9.17) is 9.47 Å². The number of carbonyl (C=O) groups excluding carboxylic acids is 1. The SMILES string of the molecule is CCS(=O)(=O)CCNC(=O)CCNS(=O)(=O)c1ccc2c(c1)OCCCO2. The van der Waals surface area contributed by atoms with Gasteiger partial charge in [-0.1, -0.05) is 6.92 Å². The summed E-state index contributed by atoms with van der Waals surface area (Å²) in [6, 6.07) is 4.33. The van der Waals surface area contributed by atoms with Crippen LogP contribution in [0.1, 0.15) is 19.8 Å². The summed E-state index contributed by atoms with van der Waals surface area (Å²) in [6.45, 7) is 2.38. The van der Waals surface area contributed by atoms with Crippen LogP contribution in [0.15, 0.2) is 23.1 Å². The Balaban J connectivity index is 1.84. The molecule has 11 heteroatoms. The van der Waals surface area contributed by atoms with E-state index in [9.17, 15) is 21.6 Å². The molecule has 152 valence electrons. The quantitative estimate of drug-likeness (QED) is 0.578. The molecule has 0 spiro atoms. The van der Waals surface area contributed by atoms with Crippen LogP contribution in [0.3, 0.4) is 0 Å². The molecule has 0 unspecified atom stereocenters. The summed E-state index contributed by atoms with van der Waals surface area (Å²) >= 11 is 0. The lowest BCUT2D eigenvalue weighted by Gasteiger charge is -2.11. The van der Waals surface area contributed by atoms with Crippen molar-refractivity contribution in [2.24, 2.45) is 0 Å². The predicted molar refractivity (Wildman–Crippen MR) is 99.2 cm³/mol. The van der Waals surface area contributed by atoms with Crippen molar-refractivity contribution in [3.05, 3.63) is 18.2 Å². The fourth-order valence-corrected chi connectivity index (χ4v) is 4.02. The molecule has 2 rings (SSSR count). The van der Waals surface area contributed by atoms with Gasteiger partial charge in [-0.3, -0.25) is 4.79 Å². The highest BCUT2D eigenvalue weighted by Gasteiger charge is 2.19. The summed E-state index contributed by atoms with van der Waals surface area (Å²) in [5.74, 6) is 0.303. The highest BCUT2D eigenvalue weighted by Crippen LogP contribution is 2.31. The van der Waals surface area contributed by atoms with Crippen LogP contribution >= 0.6 is 0 Å². The van der Waals surface area contributed by atoms with Gasteiger partial charge in [0.1, 0.15) is 0 Å². The number of amides is 1. The van der Waals surface area contributed by atoms with Crippen LogP contribution in [0.25, 0.3) is 0 Å². The Hall–Kier alpha value is -1.85. The lowest BCUT2D eigenvalue weighted by atomic mass is 10.3. The molecule has 0 saturated carbocycles. The van der Waals surface area contributed by atoms with Gasteiger partial charge in [0, 0.05) is 37.8 Å². The molecule has 9 nitrogen and oxygen atoms in total. The van der Waals surface area contributed by atoms with Crippen LogP contribution in [0.2, 0.25) is 0 Å². The van der Waals surface area contributed by atoms with Crippen LogP contribution in [-0.2, 0) is 24.7 Å². The molecule has 0 aromatic heterocycles. The number of sulfone groups is 1. The number of rotatable bonds is 9. The number of hydrogen-bond donors (Lipinski definition) is 2. The monoisotopic (exact) mass is 420 g/mol. The largest absolute Gasteiger partial charge is 0.490 e. The number of carbonyl (C=O) groups is 1. The first kappa shape index (κ1) is 21.5. The molecule has 0 aliphatic carbocycles. The fraction of sp³-hybridized carbons (Fsp3) is 0.562. The number of hydrogen-bond acceptors (Lipinski definition) is 7. The maximum atomic E-state index is 12.4. The van der Waals surface area contributed by atoms with E-state index >= 15 is 0 Å². The minimum absolute atomic E-state index is 0.00389. The Morgan fingerprint density at radius 2 is 1.78 bits per heavy atom. The second-order valence-electron chi connectivity index (χ2n) is 5.89. The molecule has 1 amide bonds. The predicted octanol–water partition coefficient (Wildman–Crippen LogP) is 0.0672. The summed E-state index contributed by atoms with van der Waals surface area (Å²) in [6.07, 6.45) is 0.611. The number of nitrogens with one attached hydrogen (secondary N) is 2. The summed E-state index contributed by atoms with van der Waals surface area (Å²) in [5.41, 5.74) is 0. The van der Waals surface area contributed by atoms with Gasteiger partial charge in [0.15, 0.2) is 21.3 Å². The number of benzene rings is 1. The molecule has 0 atom stereocenters. The first-order valence-electron chi connectivity index (χ1n) is 8.60. The van der Waals surface area contributed by atoms with E-state index in [0.29, 0.717) is 31.1 Å². The third kappa shape index (κ3) is 6.67. The van der Waals surface area contributed by atoms with Crippen molar-refractivity contribution in [2.75, 3.05) is 37.8 Å². The van der Waals surface area contributed by atoms with Crippen LogP contribution in [0.4, 0.5) is 0 Å². The Morgan fingerprint density at radius 3 is 2.48 bits per heavy atom. The molecule has 27 heavy (non-hydrogen) atoms. The van der Waals surface area contributed by atoms with Gasteiger partial charge < -0.3 is 14.8 Å². The minimum atomic E-state index is -3.81. The van der Waals surface area contributed by atoms with E-state index in [1.54, 1.807) is 0 Å². The van der Waals surface area contributed by atoms with Crippen LogP contribution in [0, 0.1) is 0 Å². The molecule has 0 saturated heterocycles. The second kappa shape index (κ2) is 9.38. The summed E-state index contributed by atoms with van der Waals surface area (Å²) < 4.78 is 60.7. The molecule has 0 bridgehead atoms. The van der Waals surface area contributed by atoms with Crippen LogP contribution < -0.4 is 19.5 Å². The first-order valence-corrected chi connectivity index (χ1v) is 11.9. The van der Waals surface area contributed by atoms with E-state index in [-0.39, 0.29) is 35.9 Å². The Kier molecular flexibility index (Phi) is 7.45. The van der Waals surface area contributed by atoms with Gasteiger partial charge >= 0.3 is 0 Å². The highest BCUT2D eigenvalue weighted by molar-refractivity contribution is 7.91. The van der Waals surface area contributed by atoms with E-state index in [2.05, 4.69) is 10.0 Å². The third-order valence-electron chi connectivity index (χ3n) is 3.85. The average molecular weight is 421 g/mol. The number of sulfonamides is 1. The van der Waals surface area contributed by atoms with Crippen molar-refractivity contribution in [1.82, 2.24) is 10.0 Å². The Labute approximate surface area is 159 Å². The summed E-state index contributed by atoms with van der Waals surface area (Å²) in [4.78, 5) is 11.7.